The Labute approximate surface area is 113 Å². The van der Waals surface area contributed by atoms with E-state index in [1.54, 1.807) is 0 Å². The molecule has 0 bridgehead atoms. The summed E-state index contributed by atoms with van der Waals surface area (Å²) in [4.78, 5) is 11.2. The van der Waals surface area contributed by atoms with Crippen molar-refractivity contribution in [1.82, 2.24) is 14.8 Å². The van der Waals surface area contributed by atoms with Crippen molar-refractivity contribution in [2.75, 3.05) is 0 Å². The lowest BCUT2D eigenvalue weighted by atomic mass is 9.82. The van der Waals surface area contributed by atoms with E-state index < -0.39 is 5.97 Å². The van der Waals surface area contributed by atoms with E-state index in [1.807, 2.05) is 0 Å². The van der Waals surface area contributed by atoms with Gasteiger partial charge in [0, 0.05) is 18.9 Å². The summed E-state index contributed by atoms with van der Waals surface area (Å²) >= 11 is 0. The number of hydrogen-bond acceptors (Lipinski definition) is 3. The van der Waals surface area contributed by atoms with Crippen LogP contribution in [0.4, 0.5) is 0 Å². The number of carbonyl (C=O) groups is 1. The van der Waals surface area contributed by atoms with Gasteiger partial charge in [-0.15, -0.1) is 10.2 Å². The molecule has 2 heterocycles. The molecule has 1 N–H and O–H groups in total. The molecular formula is C14H21N3O2. The van der Waals surface area contributed by atoms with E-state index >= 15 is 0 Å². The van der Waals surface area contributed by atoms with Crippen LogP contribution >= 0.6 is 0 Å². The Kier molecular flexibility index (Phi) is 3.29. The van der Waals surface area contributed by atoms with Crippen LogP contribution in [0.15, 0.2) is 0 Å². The molecule has 0 saturated heterocycles. The Morgan fingerprint density at radius 2 is 1.95 bits per heavy atom. The average Bonchev–Trinajstić information content (AvgIpc) is 2.82. The van der Waals surface area contributed by atoms with E-state index in [4.69, 9.17) is 0 Å². The predicted molar refractivity (Wildman–Crippen MR) is 69.8 cm³/mol. The maximum absolute atomic E-state index is 11.2. The van der Waals surface area contributed by atoms with Crippen LogP contribution in [0.5, 0.6) is 0 Å². The van der Waals surface area contributed by atoms with Gasteiger partial charge < -0.3 is 9.67 Å². The number of carboxylic acid groups (broad SMARTS) is 1. The highest BCUT2D eigenvalue weighted by Crippen LogP contribution is 2.36. The lowest BCUT2D eigenvalue weighted by Crippen LogP contribution is -2.28. The van der Waals surface area contributed by atoms with Crippen LogP contribution in [0.3, 0.4) is 0 Å². The van der Waals surface area contributed by atoms with Crippen LogP contribution in [-0.4, -0.2) is 25.8 Å². The molecule has 1 fully saturated rings. The normalized spacial score (nSPS) is 30.9. The molecule has 0 radical (unpaired) electrons. The molecule has 3 rings (SSSR count). The summed E-state index contributed by atoms with van der Waals surface area (Å²) in [7, 11) is 0. The van der Waals surface area contributed by atoms with E-state index in [-0.39, 0.29) is 5.92 Å². The van der Waals surface area contributed by atoms with E-state index in [0.717, 1.165) is 36.8 Å². The van der Waals surface area contributed by atoms with Crippen LogP contribution in [-0.2, 0) is 17.8 Å². The van der Waals surface area contributed by atoms with Crippen molar-refractivity contribution < 1.29 is 9.90 Å². The molecular weight excluding hydrogens is 242 g/mol. The van der Waals surface area contributed by atoms with Crippen LogP contribution in [0, 0.1) is 11.8 Å². The maximum Gasteiger partial charge on any atom is 0.308 e. The zero-order valence-corrected chi connectivity index (χ0v) is 11.4. The van der Waals surface area contributed by atoms with Gasteiger partial charge in [0.25, 0.3) is 0 Å². The van der Waals surface area contributed by atoms with Crippen molar-refractivity contribution in [2.45, 2.75) is 57.9 Å². The van der Waals surface area contributed by atoms with E-state index in [2.05, 4.69) is 21.7 Å². The molecule has 1 saturated carbocycles. The fourth-order valence-electron chi connectivity index (χ4n) is 3.37. The van der Waals surface area contributed by atoms with Crippen LogP contribution in [0.1, 0.15) is 56.6 Å². The third-order valence-electron chi connectivity index (χ3n) is 4.71. The van der Waals surface area contributed by atoms with Crippen molar-refractivity contribution in [2.24, 2.45) is 11.8 Å². The SMILES string of the molecule is CC1CCC(c2nnc3n2CC(C(=O)O)CC3)CC1. The average molecular weight is 263 g/mol. The molecule has 1 aliphatic carbocycles. The van der Waals surface area contributed by atoms with Crippen LogP contribution in [0.2, 0.25) is 0 Å². The Bertz CT molecular complexity index is 475. The minimum absolute atomic E-state index is 0.273. The smallest absolute Gasteiger partial charge is 0.308 e. The largest absolute Gasteiger partial charge is 0.481 e. The van der Waals surface area contributed by atoms with Crippen molar-refractivity contribution >= 4 is 5.97 Å². The molecule has 0 spiro atoms. The number of carboxylic acids is 1. The van der Waals surface area contributed by atoms with Crippen LogP contribution in [0.25, 0.3) is 0 Å². The number of aryl methyl sites for hydroxylation is 1. The van der Waals surface area contributed by atoms with Gasteiger partial charge >= 0.3 is 5.97 Å². The van der Waals surface area contributed by atoms with Gasteiger partial charge in [0.15, 0.2) is 0 Å². The molecule has 1 aromatic rings. The molecule has 1 aliphatic heterocycles. The molecule has 1 atom stereocenters. The first kappa shape index (κ1) is 12.6. The first-order chi connectivity index (χ1) is 9.15. The lowest BCUT2D eigenvalue weighted by molar-refractivity contribution is -0.142. The minimum Gasteiger partial charge on any atom is -0.481 e. The van der Waals surface area contributed by atoms with Gasteiger partial charge in [0.05, 0.1) is 5.92 Å². The van der Waals surface area contributed by atoms with Crippen molar-refractivity contribution in [3.05, 3.63) is 11.6 Å². The van der Waals surface area contributed by atoms with Gasteiger partial charge in [-0.3, -0.25) is 4.79 Å². The zero-order valence-electron chi connectivity index (χ0n) is 11.4. The summed E-state index contributed by atoms with van der Waals surface area (Å²) in [5.41, 5.74) is 0. The zero-order chi connectivity index (χ0) is 13.4. The van der Waals surface area contributed by atoms with E-state index in [0.29, 0.717) is 18.9 Å². The Hall–Kier alpha value is -1.39. The minimum atomic E-state index is -0.692. The lowest BCUT2D eigenvalue weighted by Gasteiger charge is -2.28. The second kappa shape index (κ2) is 4.94. The Balaban J connectivity index is 1.81. The summed E-state index contributed by atoms with van der Waals surface area (Å²) < 4.78 is 2.09. The molecule has 0 aromatic carbocycles. The summed E-state index contributed by atoms with van der Waals surface area (Å²) in [6.07, 6.45) is 6.25. The maximum atomic E-state index is 11.2. The molecule has 0 amide bonds. The van der Waals surface area contributed by atoms with Gasteiger partial charge in [-0.2, -0.15) is 0 Å². The molecule has 5 nitrogen and oxygen atoms in total. The number of nitrogens with zero attached hydrogens (tertiary/aromatic N) is 3. The Morgan fingerprint density at radius 1 is 1.21 bits per heavy atom. The van der Waals surface area contributed by atoms with E-state index in [9.17, 15) is 9.90 Å². The summed E-state index contributed by atoms with van der Waals surface area (Å²) in [5.74, 6) is 2.34. The second-order valence-electron chi connectivity index (χ2n) is 6.12. The first-order valence-electron chi connectivity index (χ1n) is 7.30. The highest BCUT2D eigenvalue weighted by Gasteiger charge is 2.31. The topological polar surface area (TPSA) is 68.0 Å². The highest BCUT2D eigenvalue weighted by molar-refractivity contribution is 5.70. The van der Waals surface area contributed by atoms with Crippen LogP contribution < -0.4 is 0 Å². The molecule has 1 unspecified atom stereocenters. The van der Waals surface area contributed by atoms with Gasteiger partial charge in [-0.1, -0.05) is 19.8 Å². The summed E-state index contributed by atoms with van der Waals surface area (Å²) in [5, 5.41) is 17.8. The van der Waals surface area contributed by atoms with Crippen molar-refractivity contribution in [3.8, 4) is 0 Å². The monoisotopic (exact) mass is 263 g/mol. The first-order valence-corrected chi connectivity index (χ1v) is 7.30. The number of rotatable bonds is 2. The summed E-state index contributed by atoms with van der Waals surface area (Å²) in [6.45, 7) is 2.86. The molecule has 1 aromatic heterocycles. The Morgan fingerprint density at radius 3 is 2.63 bits per heavy atom. The standard InChI is InChI=1S/C14H21N3O2/c1-9-2-4-10(5-3-9)13-16-15-12-7-6-11(14(18)19)8-17(12)13/h9-11H,2-8H2,1H3,(H,18,19). The molecule has 19 heavy (non-hydrogen) atoms. The fraction of sp³-hybridized carbons (Fsp3) is 0.786. The second-order valence-corrected chi connectivity index (χ2v) is 6.12. The van der Waals surface area contributed by atoms with E-state index in [1.165, 1.54) is 12.8 Å². The van der Waals surface area contributed by atoms with Gasteiger partial charge in [-0.05, 0) is 25.2 Å². The quantitative estimate of drug-likeness (QED) is 0.888. The number of aliphatic carboxylic acids is 1. The fourth-order valence-corrected chi connectivity index (χ4v) is 3.37. The number of aromatic nitrogens is 3. The predicted octanol–water partition coefficient (Wildman–Crippen LogP) is 2.22. The number of hydrogen-bond donors (Lipinski definition) is 1. The molecule has 104 valence electrons. The van der Waals surface area contributed by atoms with Gasteiger partial charge in [0.2, 0.25) is 0 Å². The van der Waals surface area contributed by atoms with Crippen molar-refractivity contribution in [3.63, 3.8) is 0 Å². The van der Waals surface area contributed by atoms with Gasteiger partial charge in [-0.25, -0.2) is 0 Å². The molecule has 5 heteroatoms. The highest BCUT2D eigenvalue weighted by atomic mass is 16.4. The number of fused-ring (bicyclic) bond motifs is 1. The third-order valence-corrected chi connectivity index (χ3v) is 4.71. The molecule has 2 aliphatic rings. The van der Waals surface area contributed by atoms with Gasteiger partial charge in [0.1, 0.15) is 11.6 Å². The summed E-state index contributed by atoms with van der Waals surface area (Å²) in [6, 6.07) is 0. The van der Waals surface area contributed by atoms with Crippen molar-refractivity contribution in [1.29, 1.82) is 0 Å². The third kappa shape index (κ3) is 2.38.